The van der Waals surface area contributed by atoms with Gasteiger partial charge in [-0.3, -0.25) is 4.79 Å². The van der Waals surface area contributed by atoms with Crippen LogP contribution in [0.25, 0.3) is 0 Å². The topological polar surface area (TPSA) is 66.4 Å². The number of likely N-dealkylation sites (N-methyl/N-ethyl adjacent to an activating group) is 1. The molecule has 0 spiro atoms. The number of Topliss-reactive ketones (excluding diaryl/α,β-unsaturated/α-hetero) is 1. The number of aromatic carboxylic acids is 1. The lowest BCUT2D eigenvalue weighted by atomic mass is 10.0. The van der Waals surface area contributed by atoms with Gasteiger partial charge in [-0.2, -0.15) is 0 Å². The summed E-state index contributed by atoms with van der Waals surface area (Å²) in [6.45, 7) is -0.556. The van der Waals surface area contributed by atoms with Crippen molar-refractivity contribution < 1.29 is 32.3 Å². The summed E-state index contributed by atoms with van der Waals surface area (Å²) in [7, 11) is 1.28. The maximum Gasteiger partial charge on any atom is 0.341 e. The smallest absolute Gasteiger partial charge is 0.341 e. The van der Waals surface area contributed by atoms with Crippen LogP contribution in [0.15, 0.2) is 0 Å². The summed E-state index contributed by atoms with van der Waals surface area (Å²) in [5.74, 6) is -11.7. The summed E-state index contributed by atoms with van der Waals surface area (Å²) in [5, 5.41) is 10.7. The molecule has 0 heterocycles. The van der Waals surface area contributed by atoms with Crippen LogP contribution in [0.3, 0.4) is 0 Å². The van der Waals surface area contributed by atoms with E-state index in [2.05, 4.69) is 5.32 Å². The van der Waals surface area contributed by atoms with Crippen LogP contribution >= 0.6 is 0 Å². The van der Waals surface area contributed by atoms with Gasteiger partial charge in [-0.05, 0) is 7.05 Å². The standard InChI is InChI=1S/C10H7F4NO3/c1-15-2-3(16)4-6(11)8(13)5(10(17)18)9(14)7(4)12/h15H,2H2,1H3,(H,17,18). The summed E-state index contributed by atoms with van der Waals surface area (Å²) in [6, 6.07) is 0. The fourth-order valence-corrected chi connectivity index (χ4v) is 1.31. The van der Waals surface area contributed by atoms with Crippen LogP contribution in [0, 0.1) is 23.3 Å². The molecule has 0 unspecified atom stereocenters. The summed E-state index contributed by atoms with van der Waals surface area (Å²) in [5.41, 5.74) is -3.21. The third kappa shape index (κ3) is 2.19. The molecule has 8 heteroatoms. The summed E-state index contributed by atoms with van der Waals surface area (Å²) in [4.78, 5) is 21.7. The van der Waals surface area contributed by atoms with Crippen molar-refractivity contribution >= 4 is 11.8 Å². The largest absolute Gasteiger partial charge is 0.477 e. The number of nitrogens with one attached hydrogen (secondary N) is 1. The Hall–Kier alpha value is -1.96. The van der Waals surface area contributed by atoms with Crippen molar-refractivity contribution in [3.05, 3.63) is 34.4 Å². The van der Waals surface area contributed by atoms with E-state index in [4.69, 9.17) is 5.11 Å². The molecule has 1 aromatic carbocycles. The Labute approximate surface area is 98.2 Å². The highest BCUT2D eigenvalue weighted by atomic mass is 19.2. The van der Waals surface area contributed by atoms with E-state index in [1.165, 1.54) is 7.05 Å². The van der Waals surface area contributed by atoms with Gasteiger partial charge >= 0.3 is 5.97 Å². The maximum absolute atomic E-state index is 13.3. The highest BCUT2D eigenvalue weighted by molar-refractivity contribution is 5.99. The van der Waals surface area contributed by atoms with E-state index in [0.29, 0.717) is 0 Å². The molecule has 1 aromatic rings. The van der Waals surface area contributed by atoms with E-state index in [9.17, 15) is 27.2 Å². The number of carboxylic acid groups (broad SMARTS) is 1. The molecule has 0 aliphatic rings. The predicted octanol–water partition coefficient (Wildman–Crippen LogP) is 1.34. The van der Waals surface area contributed by atoms with Crippen LogP contribution in [0.5, 0.6) is 0 Å². The first-order valence-electron chi connectivity index (χ1n) is 4.59. The molecule has 0 fully saturated rings. The van der Waals surface area contributed by atoms with Gasteiger partial charge in [0.15, 0.2) is 29.1 Å². The molecule has 0 amide bonds. The zero-order valence-electron chi connectivity index (χ0n) is 8.98. The van der Waals surface area contributed by atoms with Gasteiger partial charge in [0.2, 0.25) is 0 Å². The van der Waals surface area contributed by atoms with Crippen molar-refractivity contribution in [2.45, 2.75) is 0 Å². The molecular formula is C10H7F4NO3. The summed E-state index contributed by atoms with van der Waals surface area (Å²) in [6.07, 6.45) is 0. The number of carbonyl (C=O) groups is 2. The van der Waals surface area contributed by atoms with E-state index < -0.39 is 52.7 Å². The molecule has 2 N–H and O–H groups in total. The number of halogens is 4. The molecule has 0 saturated carbocycles. The molecule has 0 atom stereocenters. The zero-order valence-corrected chi connectivity index (χ0v) is 8.98. The molecule has 1 rings (SSSR count). The fourth-order valence-electron chi connectivity index (χ4n) is 1.31. The number of rotatable bonds is 4. The van der Waals surface area contributed by atoms with Crippen LogP contribution in [0.4, 0.5) is 17.6 Å². The highest BCUT2D eigenvalue weighted by Gasteiger charge is 2.31. The van der Waals surface area contributed by atoms with Gasteiger partial charge < -0.3 is 10.4 Å². The molecule has 0 aliphatic carbocycles. The molecule has 0 saturated heterocycles. The van der Waals surface area contributed by atoms with E-state index in [1.54, 1.807) is 0 Å². The van der Waals surface area contributed by atoms with Gasteiger partial charge in [0.25, 0.3) is 0 Å². The first-order valence-corrected chi connectivity index (χ1v) is 4.59. The van der Waals surface area contributed by atoms with Gasteiger partial charge in [0, 0.05) is 0 Å². The van der Waals surface area contributed by atoms with Gasteiger partial charge in [-0.1, -0.05) is 0 Å². The lowest BCUT2D eigenvalue weighted by Crippen LogP contribution is -2.23. The van der Waals surface area contributed by atoms with Gasteiger partial charge in [0.05, 0.1) is 12.1 Å². The normalized spacial score (nSPS) is 10.5. The molecule has 18 heavy (non-hydrogen) atoms. The van der Waals surface area contributed by atoms with E-state index in [0.717, 1.165) is 0 Å². The third-order valence-corrected chi connectivity index (χ3v) is 2.09. The Balaban J connectivity index is 3.58. The molecule has 0 radical (unpaired) electrons. The minimum Gasteiger partial charge on any atom is -0.477 e. The first-order chi connectivity index (χ1) is 8.32. The van der Waals surface area contributed by atoms with E-state index >= 15 is 0 Å². The van der Waals surface area contributed by atoms with Gasteiger partial charge in [-0.25, -0.2) is 22.4 Å². The number of hydrogen-bond acceptors (Lipinski definition) is 3. The summed E-state index contributed by atoms with van der Waals surface area (Å²) < 4.78 is 53.1. The van der Waals surface area contributed by atoms with Crippen LogP contribution in [0.2, 0.25) is 0 Å². The third-order valence-electron chi connectivity index (χ3n) is 2.09. The minimum absolute atomic E-state index is 0.556. The van der Waals surface area contributed by atoms with Crippen molar-refractivity contribution in [2.24, 2.45) is 0 Å². The van der Waals surface area contributed by atoms with Gasteiger partial charge in [0.1, 0.15) is 5.56 Å². The zero-order chi connectivity index (χ0) is 14.0. The second-order valence-corrected chi connectivity index (χ2v) is 3.26. The Morgan fingerprint density at radius 3 is 1.72 bits per heavy atom. The molecule has 98 valence electrons. The number of carboxylic acids is 1. The lowest BCUT2D eigenvalue weighted by Gasteiger charge is -2.08. The molecule has 0 aliphatic heterocycles. The first kappa shape index (κ1) is 14.1. The number of benzene rings is 1. The van der Waals surface area contributed by atoms with Crippen LogP contribution in [0.1, 0.15) is 20.7 Å². The second-order valence-electron chi connectivity index (χ2n) is 3.26. The molecular weight excluding hydrogens is 258 g/mol. The van der Waals surface area contributed by atoms with Crippen molar-refractivity contribution in [1.82, 2.24) is 5.32 Å². The average molecular weight is 265 g/mol. The minimum atomic E-state index is -2.17. The van der Waals surface area contributed by atoms with Crippen molar-refractivity contribution in [3.8, 4) is 0 Å². The SMILES string of the molecule is CNCC(=O)c1c(F)c(F)c(C(=O)O)c(F)c1F. The predicted molar refractivity (Wildman–Crippen MR) is 51.5 cm³/mol. The van der Waals surface area contributed by atoms with Gasteiger partial charge in [-0.15, -0.1) is 0 Å². The maximum atomic E-state index is 13.3. The quantitative estimate of drug-likeness (QED) is 0.490. The fraction of sp³-hybridized carbons (Fsp3) is 0.200. The van der Waals surface area contributed by atoms with E-state index in [1.807, 2.05) is 0 Å². The molecule has 0 bridgehead atoms. The number of carbonyl (C=O) groups excluding carboxylic acids is 1. The van der Waals surface area contributed by atoms with Crippen molar-refractivity contribution in [2.75, 3.05) is 13.6 Å². The Bertz CT molecular complexity index is 501. The lowest BCUT2D eigenvalue weighted by molar-refractivity contribution is 0.0682. The van der Waals surface area contributed by atoms with Crippen LogP contribution in [-0.4, -0.2) is 30.5 Å². The second kappa shape index (κ2) is 5.13. The highest BCUT2D eigenvalue weighted by Crippen LogP contribution is 2.24. The molecule has 0 aromatic heterocycles. The average Bonchev–Trinajstić information content (AvgIpc) is 2.27. The monoisotopic (exact) mass is 265 g/mol. The Morgan fingerprint density at radius 1 is 1.00 bits per heavy atom. The number of hydrogen-bond donors (Lipinski definition) is 2. The Morgan fingerprint density at radius 2 is 1.39 bits per heavy atom. The van der Waals surface area contributed by atoms with Crippen LogP contribution < -0.4 is 5.32 Å². The number of ketones is 1. The Kier molecular flexibility index (Phi) is 4.02. The van der Waals surface area contributed by atoms with Crippen molar-refractivity contribution in [1.29, 1.82) is 0 Å². The van der Waals surface area contributed by atoms with Crippen molar-refractivity contribution in [3.63, 3.8) is 0 Å². The van der Waals surface area contributed by atoms with E-state index in [-0.39, 0.29) is 0 Å². The summed E-state index contributed by atoms with van der Waals surface area (Å²) >= 11 is 0. The molecule has 4 nitrogen and oxygen atoms in total. The van der Waals surface area contributed by atoms with Crippen LogP contribution in [-0.2, 0) is 0 Å².